The summed E-state index contributed by atoms with van der Waals surface area (Å²) >= 11 is 0. The second-order valence-electron chi connectivity index (χ2n) is 3.92. The standard InChI is InChI=1S/C11H19NO3/c1-12-11(9-3-2-4-13-7-9)10-8-14-5-6-15-10/h7,10-12H,2-6,8H2,1H3. The van der Waals surface area contributed by atoms with Crippen LogP contribution in [0.4, 0.5) is 0 Å². The number of nitrogens with one attached hydrogen (secondary N) is 1. The maximum Gasteiger partial charge on any atom is 0.100 e. The molecule has 2 atom stereocenters. The largest absolute Gasteiger partial charge is 0.501 e. The first-order valence-corrected chi connectivity index (χ1v) is 5.59. The molecular formula is C11H19NO3. The number of likely N-dealkylation sites (N-methyl/N-ethyl adjacent to an activating group) is 1. The van der Waals surface area contributed by atoms with Crippen molar-refractivity contribution in [2.24, 2.45) is 0 Å². The first kappa shape index (κ1) is 10.9. The lowest BCUT2D eigenvalue weighted by Crippen LogP contribution is -2.46. The summed E-state index contributed by atoms with van der Waals surface area (Å²) in [5.74, 6) is 0. The van der Waals surface area contributed by atoms with Gasteiger partial charge in [0.05, 0.1) is 38.7 Å². The third kappa shape index (κ3) is 2.71. The Kier molecular flexibility index (Phi) is 4.00. The van der Waals surface area contributed by atoms with Gasteiger partial charge in [-0.15, -0.1) is 0 Å². The van der Waals surface area contributed by atoms with E-state index in [-0.39, 0.29) is 12.1 Å². The summed E-state index contributed by atoms with van der Waals surface area (Å²) in [6.07, 6.45) is 4.18. The second kappa shape index (κ2) is 5.49. The molecule has 0 amide bonds. The van der Waals surface area contributed by atoms with Gasteiger partial charge in [0.2, 0.25) is 0 Å². The molecule has 0 aliphatic carbocycles. The van der Waals surface area contributed by atoms with E-state index in [0.717, 1.165) is 19.4 Å². The average molecular weight is 213 g/mol. The van der Waals surface area contributed by atoms with Gasteiger partial charge in [-0.3, -0.25) is 0 Å². The third-order valence-corrected chi connectivity index (χ3v) is 2.89. The second-order valence-corrected chi connectivity index (χ2v) is 3.92. The number of hydrogen-bond acceptors (Lipinski definition) is 4. The van der Waals surface area contributed by atoms with Crippen LogP contribution in [0.3, 0.4) is 0 Å². The fraction of sp³-hybridized carbons (Fsp3) is 0.818. The molecule has 1 saturated heterocycles. The molecule has 0 spiro atoms. The van der Waals surface area contributed by atoms with Gasteiger partial charge in [-0.05, 0) is 25.5 Å². The summed E-state index contributed by atoms with van der Waals surface area (Å²) in [7, 11) is 1.96. The van der Waals surface area contributed by atoms with Crippen LogP contribution in [0.1, 0.15) is 12.8 Å². The summed E-state index contributed by atoms with van der Waals surface area (Å²) in [6.45, 7) is 2.91. The Labute approximate surface area is 90.6 Å². The van der Waals surface area contributed by atoms with Crippen LogP contribution < -0.4 is 5.32 Å². The van der Waals surface area contributed by atoms with Gasteiger partial charge in [0.1, 0.15) is 6.10 Å². The van der Waals surface area contributed by atoms with Crippen molar-refractivity contribution in [2.75, 3.05) is 33.5 Å². The van der Waals surface area contributed by atoms with E-state index in [0.29, 0.717) is 19.8 Å². The summed E-state index contributed by atoms with van der Waals surface area (Å²) in [5.41, 5.74) is 1.29. The molecule has 0 bridgehead atoms. The van der Waals surface area contributed by atoms with Crippen molar-refractivity contribution in [1.82, 2.24) is 5.32 Å². The molecule has 4 nitrogen and oxygen atoms in total. The Morgan fingerprint density at radius 3 is 2.93 bits per heavy atom. The maximum absolute atomic E-state index is 5.70. The van der Waals surface area contributed by atoms with Crippen molar-refractivity contribution in [3.8, 4) is 0 Å². The van der Waals surface area contributed by atoms with Crippen LogP contribution >= 0.6 is 0 Å². The van der Waals surface area contributed by atoms with E-state index in [9.17, 15) is 0 Å². The summed E-state index contributed by atoms with van der Waals surface area (Å²) in [6, 6.07) is 0.227. The van der Waals surface area contributed by atoms with Crippen LogP contribution in [0, 0.1) is 0 Å². The van der Waals surface area contributed by atoms with Crippen LogP contribution in [-0.4, -0.2) is 45.6 Å². The molecule has 0 aromatic carbocycles. The first-order valence-electron chi connectivity index (χ1n) is 5.59. The lowest BCUT2D eigenvalue weighted by Gasteiger charge is -2.32. The minimum Gasteiger partial charge on any atom is -0.501 e. The Balaban J connectivity index is 1.98. The van der Waals surface area contributed by atoms with Crippen LogP contribution in [0.25, 0.3) is 0 Å². The highest BCUT2D eigenvalue weighted by atomic mass is 16.6. The molecule has 1 fully saturated rings. The fourth-order valence-corrected chi connectivity index (χ4v) is 2.12. The molecule has 0 aromatic rings. The van der Waals surface area contributed by atoms with Gasteiger partial charge in [-0.1, -0.05) is 0 Å². The van der Waals surface area contributed by atoms with E-state index in [1.165, 1.54) is 5.57 Å². The van der Waals surface area contributed by atoms with Gasteiger partial charge >= 0.3 is 0 Å². The maximum atomic E-state index is 5.70. The molecule has 0 saturated carbocycles. The van der Waals surface area contributed by atoms with Crippen LogP contribution in [0.5, 0.6) is 0 Å². The van der Waals surface area contributed by atoms with Gasteiger partial charge in [0, 0.05) is 0 Å². The zero-order valence-electron chi connectivity index (χ0n) is 9.20. The Hall–Kier alpha value is -0.580. The smallest absolute Gasteiger partial charge is 0.100 e. The van der Waals surface area contributed by atoms with E-state index >= 15 is 0 Å². The van der Waals surface area contributed by atoms with Crippen LogP contribution in [-0.2, 0) is 14.2 Å². The van der Waals surface area contributed by atoms with E-state index in [2.05, 4.69) is 5.32 Å². The highest BCUT2D eigenvalue weighted by Crippen LogP contribution is 2.20. The number of hydrogen-bond donors (Lipinski definition) is 1. The molecule has 2 unspecified atom stereocenters. The molecule has 15 heavy (non-hydrogen) atoms. The monoisotopic (exact) mass is 213 g/mol. The van der Waals surface area contributed by atoms with Crippen LogP contribution in [0.2, 0.25) is 0 Å². The predicted octanol–water partition coefficient (Wildman–Crippen LogP) is 0.684. The Morgan fingerprint density at radius 1 is 1.40 bits per heavy atom. The van der Waals surface area contributed by atoms with E-state index in [1.807, 2.05) is 13.3 Å². The lowest BCUT2D eigenvalue weighted by atomic mass is 9.97. The molecule has 4 heteroatoms. The molecular weight excluding hydrogens is 194 g/mol. The minimum atomic E-state index is 0.122. The van der Waals surface area contributed by atoms with E-state index in [1.54, 1.807) is 0 Å². The number of rotatable bonds is 3. The van der Waals surface area contributed by atoms with Gasteiger partial charge < -0.3 is 19.5 Å². The topological polar surface area (TPSA) is 39.7 Å². The zero-order valence-corrected chi connectivity index (χ0v) is 9.20. The molecule has 0 radical (unpaired) electrons. The van der Waals surface area contributed by atoms with Crippen molar-refractivity contribution in [2.45, 2.75) is 25.0 Å². The highest BCUT2D eigenvalue weighted by Gasteiger charge is 2.27. The number of ether oxygens (including phenoxy) is 3. The molecule has 2 aliphatic heterocycles. The summed E-state index contributed by atoms with van der Waals surface area (Å²) in [4.78, 5) is 0. The van der Waals surface area contributed by atoms with Gasteiger partial charge in [-0.25, -0.2) is 0 Å². The predicted molar refractivity (Wildman–Crippen MR) is 56.7 cm³/mol. The van der Waals surface area contributed by atoms with Gasteiger partial charge in [0.25, 0.3) is 0 Å². The normalized spacial score (nSPS) is 29.1. The highest BCUT2D eigenvalue weighted by molar-refractivity contribution is 5.12. The first-order chi connectivity index (χ1) is 7.42. The summed E-state index contributed by atoms with van der Waals surface area (Å²) in [5, 5.41) is 3.29. The van der Waals surface area contributed by atoms with Crippen molar-refractivity contribution >= 4 is 0 Å². The lowest BCUT2D eigenvalue weighted by molar-refractivity contribution is -0.0969. The fourth-order valence-electron chi connectivity index (χ4n) is 2.12. The van der Waals surface area contributed by atoms with Gasteiger partial charge in [-0.2, -0.15) is 0 Å². The molecule has 0 aromatic heterocycles. The van der Waals surface area contributed by atoms with Crippen LogP contribution in [0.15, 0.2) is 11.8 Å². The van der Waals surface area contributed by atoms with E-state index in [4.69, 9.17) is 14.2 Å². The SMILES string of the molecule is CNC(C1=COCCC1)C1COCCO1. The van der Waals surface area contributed by atoms with Crippen molar-refractivity contribution in [3.05, 3.63) is 11.8 Å². The van der Waals surface area contributed by atoms with Crippen molar-refractivity contribution in [1.29, 1.82) is 0 Å². The quantitative estimate of drug-likeness (QED) is 0.748. The molecule has 2 aliphatic rings. The van der Waals surface area contributed by atoms with Crippen molar-refractivity contribution < 1.29 is 14.2 Å². The minimum absolute atomic E-state index is 0.122. The average Bonchev–Trinajstić information content (AvgIpc) is 2.33. The van der Waals surface area contributed by atoms with Crippen molar-refractivity contribution in [3.63, 3.8) is 0 Å². The van der Waals surface area contributed by atoms with E-state index < -0.39 is 0 Å². The molecule has 2 heterocycles. The molecule has 86 valence electrons. The Morgan fingerprint density at radius 2 is 2.33 bits per heavy atom. The Bertz CT molecular complexity index is 224. The molecule has 1 N–H and O–H groups in total. The van der Waals surface area contributed by atoms with Gasteiger partial charge in [0.15, 0.2) is 0 Å². The third-order valence-electron chi connectivity index (χ3n) is 2.89. The molecule has 2 rings (SSSR count). The summed E-state index contributed by atoms with van der Waals surface area (Å²) < 4.78 is 16.5. The zero-order chi connectivity index (χ0) is 10.5.